The van der Waals surface area contributed by atoms with E-state index in [-0.39, 0.29) is 23.9 Å². The van der Waals surface area contributed by atoms with E-state index in [0.717, 1.165) is 55.5 Å². The molecular formula is C31H34ClN3O4. The van der Waals surface area contributed by atoms with Gasteiger partial charge >= 0.3 is 0 Å². The van der Waals surface area contributed by atoms with Crippen molar-refractivity contribution in [2.75, 3.05) is 49.3 Å². The SMILES string of the molecule is CC(=O)N(c1ccc(Cl)cc1)C1CC(C)N(C(=O)c2ccc(OCCN3CCOCC3)cc2)c2ccccc21. The van der Waals surface area contributed by atoms with Gasteiger partial charge in [0.05, 0.1) is 19.3 Å². The first-order chi connectivity index (χ1) is 18.9. The monoisotopic (exact) mass is 547 g/mol. The number of hydrogen-bond acceptors (Lipinski definition) is 5. The molecule has 0 aliphatic carbocycles. The summed E-state index contributed by atoms with van der Waals surface area (Å²) < 4.78 is 11.3. The Kier molecular flexibility index (Phi) is 8.50. The van der Waals surface area contributed by atoms with Gasteiger partial charge in [-0.15, -0.1) is 0 Å². The number of fused-ring (bicyclic) bond motifs is 1. The fourth-order valence-electron chi connectivity index (χ4n) is 5.47. The van der Waals surface area contributed by atoms with E-state index in [1.54, 1.807) is 24.0 Å². The fraction of sp³-hybridized carbons (Fsp3) is 0.355. The van der Waals surface area contributed by atoms with Crippen LogP contribution in [-0.2, 0) is 9.53 Å². The zero-order chi connectivity index (χ0) is 27.4. The number of morpholine rings is 1. The normalized spacial score (nSPS) is 19.3. The molecule has 3 aromatic carbocycles. The molecule has 39 heavy (non-hydrogen) atoms. The smallest absolute Gasteiger partial charge is 0.258 e. The van der Waals surface area contributed by atoms with Gasteiger partial charge in [0.15, 0.2) is 0 Å². The van der Waals surface area contributed by atoms with E-state index in [1.807, 2.05) is 72.5 Å². The number of rotatable bonds is 7. The number of ether oxygens (including phenoxy) is 2. The third-order valence-electron chi connectivity index (χ3n) is 7.42. The molecule has 7 nitrogen and oxygen atoms in total. The van der Waals surface area contributed by atoms with E-state index >= 15 is 0 Å². The van der Waals surface area contributed by atoms with Crippen molar-refractivity contribution < 1.29 is 19.1 Å². The van der Waals surface area contributed by atoms with Crippen LogP contribution in [0.2, 0.25) is 5.02 Å². The Hall–Kier alpha value is -3.39. The van der Waals surface area contributed by atoms with Crippen LogP contribution in [0.1, 0.15) is 42.2 Å². The Bertz CT molecular complexity index is 1290. The summed E-state index contributed by atoms with van der Waals surface area (Å²) in [5, 5.41) is 0.616. The molecule has 0 bridgehead atoms. The number of halogens is 1. The van der Waals surface area contributed by atoms with Gasteiger partial charge in [0, 0.05) is 54.6 Å². The first-order valence-corrected chi connectivity index (χ1v) is 13.8. The second-order valence-corrected chi connectivity index (χ2v) is 10.5. The molecule has 0 N–H and O–H groups in total. The lowest BCUT2D eigenvalue weighted by molar-refractivity contribution is -0.117. The molecule has 2 unspecified atom stereocenters. The van der Waals surface area contributed by atoms with Gasteiger partial charge in [-0.2, -0.15) is 0 Å². The number of anilines is 2. The Morgan fingerprint density at radius 1 is 1.00 bits per heavy atom. The van der Waals surface area contributed by atoms with Crippen LogP contribution in [0.4, 0.5) is 11.4 Å². The van der Waals surface area contributed by atoms with Gasteiger partial charge in [-0.25, -0.2) is 0 Å². The van der Waals surface area contributed by atoms with Crippen molar-refractivity contribution in [2.24, 2.45) is 0 Å². The second kappa shape index (κ2) is 12.2. The van der Waals surface area contributed by atoms with Gasteiger partial charge in [0.1, 0.15) is 12.4 Å². The molecule has 0 radical (unpaired) electrons. The summed E-state index contributed by atoms with van der Waals surface area (Å²) in [6.07, 6.45) is 0.605. The molecular weight excluding hydrogens is 514 g/mol. The van der Waals surface area contributed by atoms with Crippen molar-refractivity contribution >= 4 is 34.8 Å². The number of para-hydroxylation sites is 1. The minimum Gasteiger partial charge on any atom is -0.492 e. The van der Waals surface area contributed by atoms with Gasteiger partial charge in [-0.1, -0.05) is 29.8 Å². The van der Waals surface area contributed by atoms with Gasteiger partial charge in [-0.3, -0.25) is 14.5 Å². The minimum absolute atomic E-state index is 0.0617. The van der Waals surface area contributed by atoms with Crippen LogP contribution >= 0.6 is 11.6 Å². The molecule has 8 heteroatoms. The van der Waals surface area contributed by atoms with E-state index < -0.39 is 0 Å². The Labute approximate surface area is 234 Å². The molecule has 2 aliphatic rings. The number of benzene rings is 3. The van der Waals surface area contributed by atoms with Crippen molar-refractivity contribution in [1.29, 1.82) is 0 Å². The summed E-state index contributed by atoms with van der Waals surface area (Å²) in [7, 11) is 0. The molecule has 2 atom stereocenters. The van der Waals surface area contributed by atoms with Crippen molar-refractivity contribution in [1.82, 2.24) is 4.90 Å². The molecule has 3 aromatic rings. The number of hydrogen-bond donors (Lipinski definition) is 0. The number of carbonyl (C=O) groups excluding carboxylic acids is 2. The third-order valence-corrected chi connectivity index (χ3v) is 7.67. The predicted octanol–water partition coefficient (Wildman–Crippen LogP) is 5.58. The van der Waals surface area contributed by atoms with Gasteiger partial charge < -0.3 is 19.3 Å². The van der Waals surface area contributed by atoms with E-state index in [9.17, 15) is 9.59 Å². The summed E-state index contributed by atoms with van der Waals surface area (Å²) >= 11 is 6.10. The topological polar surface area (TPSA) is 62.3 Å². The Balaban J connectivity index is 1.33. The number of amides is 2. The summed E-state index contributed by atoms with van der Waals surface area (Å²) in [4.78, 5) is 32.6. The lowest BCUT2D eigenvalue weighted by Gasteiger charge is -2.43. The molecule has 0 spiro atoms. The summed E-state index contributed by atoms with van der Waals surface area (Å²) in [6, 6.07) is 22.2. The first kappa shape index (κ1) is 27.2. The molecule has 2 aliphatic heterocycles. The standard InChI is InChI=1S/C31H34ClN3O4/c1-22-21-30(35(23(2)36)26-11-9-25(32)10-12-26)28-5-3-4-6-29(28)34(22)31(37)24-7-13-27(14-8-24)39-20-17-33-15-18-38-19-16-33/h3-14,22,30H,15-21H2,1-2H3. The molecule has 1 saturated heterocycles. The van der Waals surface area contributed by atoms with E-state index in [4.69, 9.17) is 21.1 Å². The predicted molar refractivity (Wildman–Crippen MR) is 154 cm³/mol. The largest absolute Gasteiger partial charge is 0.492 e. The van der Waals surface area contributed by atoms with E-state index in [0.29, 0.717) is 23.6 Å². The van der Waals surface area contributed by atoms with Crippen LogP contribution in [-0.4, -0.2) is 62.2 Å². The van der Waals surface area contributed by atoms with Crippen LogP contribution in [0.25, 0.3) is 0 Å². The van der Waals surface area contributed by atoms with Crippen molar-refractivity contribution in [3.8, 4) is 5.75 Å². The molecule has 1 fully saturated rings. The molecule has 5 rings (SSSR count). The number of nitrogens with zero attached hydrogens (tertiary/aromatic N) is 3. The summed E-state index contributed by atoms with van der Waals surface area (Å²) in [5.41, 5.74) is 3.13. The van der Waals surface area contributed by atoms with Crippen LogP contribution in [0.15, 0.2) is 72.8 Å². The highest BCUT2D eigenvalue weighted by Gasteiger charge is 2.38. The van der Waals surface area contributed by atoms with Crippen molar-refractivity contribution in [3.05, 3.63) is 88.9 Å². The highest BCUT2D eigenvalue weighted by Crippen LogP contribution is 2.43. The Morgan fingerprint density at radius 2 is 1.69 bits per heavy atom. The fourth-order valence-corrected chi connectivity index (χ4v) is 5.59. The summed E-state index contributed by atoms with van der Waals surface area (Å²) in [5.74, 6) is 0.606. The third kappa shape index (κ3) is 6.11. The second-order valence-electron chi connectivity index (χ2n) is 10.0. The van der Waals surface area contributed by atoms with E-state index in [1.165, 1.54) is 0 Å². The zero-order valence-electron chi connectivity index (χ0n) is 22.4. The maximum absolute atomic E-state index is 13.8. The van der Waals surface area contributed by atoms with E-state index in [2.05, 4.69) is 4.90 Å². The summed E-state index contributed by atoms with van der Waals surface area (Å²) in [6.45, 7) is 8.43. The lowest BCUT2D eigenvalue weighted by atomic mass is 9.89. The van der Waals surface area contributed by atoms with Gasteiger partial charge in [0.2, 0.25) is 5.91 Å². The highest BCUT2D eigenvalue weighted by atomic mass is 35.5. The quantitative estimate of drug-likeness (QED) is 0.386. The van der Waals surface area contributed by atoms with Crippen LogP contribution in [0.5, 0.6) is 5.75 Å². The van der Waals surface area contributed by atoms with Crippen molar-refractivity contribution in [2.45, 2.75) is 32.4 Å². The van der Waals surface area contributed by atoms with Gasteiger partial charge in [0.25, 0.3) is 5.91 Å². The van der Waals surface area contributed by atoms with Gasteiger partial charge in [-0.05, 0) is 73.5 Å². The maximum Gasteiger partial charge on any atom is 0.258 e. The van der Waals surface area contributed by atoms with Crippen LogP contribution < -0.4 is 14.5 Å². The highest BCUT2D eigenvalue weighted by molar-refractivity contribution is 6.30. The molecule has 0 saturated carbocycles. The molecule has 2 heterocycles. The van der Waals surface area contributed by atoms with Crippen LogP contribution in [0, 0.1) is 0 Å². The number of carbonyl (C=O) groups is 2. The minimum atomic E-state index is -0.207. The van der Waals surface area contributed by atoms with Crippen LogP contribution in [0.3, 0.4) is 0 Å². The first-order valence-electron chi connectivity index (χ1n) is 13.4. The average molecular weight is 548 g/mol. The maximum atomic E-state index is 13.8. The lowest BCUT2D eigenvalue weighted by Crippen LogP contribution is -2.47. The molecule has 0 aromatic heterocycles. The Morgan fingerprint density at radius 3 is 2.38 bits per heavy atom. The average Bonchev–Trinajstić information content (AvgIpc) is 2.95. The zero-order valence-corrected chi connectivity index (χ0v) is 23.1. The molecule has 204 valence electrons. The molecule has 2 amide bonds. The van der Waals surface area contributed by atoms with Crippen molar-refractivity contribution in [3.63, 3.8) is 0 Å².